The lowest BCUT2D eigenvalue weighted by Gasteiger charge is -2.00. The van der Waals surface area contributed by atoms with Gasteiger partial charge in [0.25, 0.3) is 0 Å². The van der Waals surface area contributed by atoms with Gasteiger partial charge in [-0.2, -0.15) is 0 Å². The maximum absolute atomic E-state index is 10.2. The monoisotopic (exact) mass is 360 g/mol. The standard InChI is InChI=1S/C12H24O2.C2H6O2.H3O4P/c1-2-3-4-5-6-7-8-9-10-11-12(13)14;3-1-2-4;1-5(2,3)4/h2-11H2,1H3,(H,13,14);3-4H,1-2H2;(H3,1,2,3,4). The lowest BCUT2D eigenvalue weighted by atomic mass is 10.1. The first-order valence-corrected chi connectivity index (χ1v) is 9.47. The molecule has 0 aromatic heterocycles. The van der Waals surface area contributed by atoms with Crippen molar-refractivity contribution in [2.45, 2.75) is 71.1 Å². The van der Waals surface area contributed by atoms with Crippen LogP contribution < -0.4 is 0 Å². The smallest absolute Gasteiger partial charge is 0.466 e. The van der Waals surface area contributed by atoms with Gasteiger partial charge >= 0.3 is 13.8 Å². The number of hydrogen-bond acceptors (Lipinski definition) is 4. The lowest BCUT2D eigenvalue weighted by Crippen LogP contribution is -1.93. The van der Waals surface area contributed by atoms with E-state index < -0.39 is 13.8 Å². The van der Waals surface area contributed by atoms with Gasteiger partial charge in [0.15, 0.2) is 0 Å². The summed E-state index contributed by atoms with van der Waals surface area (Å²) < 4.78 is 8.88. The molecule has 0 fully saturated rings. The summed E-state index contributed by atoms with van der Waals surface area (Å²) in [6, 6.07) is 0. The van der Waals surface area contributed by atoms with Gasteiger partial charge in [0.1, 0.15) is 0 Å². The molecule has 0 bridgehead atoms. The second kappa shape index (κ2) is 21.5. The molecule has 0 heterocycles. The first-order chi connectivity index (χ1) is 10.7. The van der Waals surface area contributed by atoms with Crippen molar-refractivity contribution in [1.29, 1.82) is 0 Å². The summed E-state index contributed by atoms with van der Waals surface area (Å²) in [4.78, 5) is 31.8. The van der Waals surface area contributed by atoms with Crippen LogP contribution in [0.1, 0.15) is 71.1 Å². The highest BCUT2D eigenvalue weighted by molar-refractivity contribution is 7.45. The van der Waals surface area contributed by atoms with Crippen LogP contribution in [0.5, 0.6) is 0 Å². The van der Waals surface area contributed by atoms with Gasteiger partial charge in [0, 0.05) is 6.42 Å². The molecule has 0 aliphatic heterocycles. The summed E-state index contributed by atoms with van der Waals surface area (Å²) in [7, 11) is -4.64. The van der Waals surface area contributed by atoms with Gasteiger partial charge in [-0.3, -0.25) is 4.79 Å². The van der Waals surface area contributed by atoms with Crippen molar-refractivity contribution in [2.24, 2.45) is 0 Å². The molecule has 0 radical (unpaired) electrons. The molecule has 142 valence electrons. The minimum Gasteiger partial charge on any atom is -0.481 e. The van der Waals surface area contributed by atoms with Crippen molar-refractivity contribution in [1.82, 2.24) is 0 Å². The summed E-state index contributed by atoms with van der Waals surface area (Å²) in [6.45, 7) is 1.98. The summed E-state index contributed by atoms with van der Waals surface area (Å²) >= 11 is 0. The minimum absolute atomic E-state index is 0.125. The van der Waals surface area contributed by atoms with Crippen LogP contribution in [0.15, 0.2) is 0 Å². The van der Waals surface area contributed by atoms with E-state index >= 15 is 0 Å². The number of rotatable bonds is 11. The molecule has 0 aromatic rings. The summed E-state index contributed by atoms with van der Waals surface area (Å²) in [5, 5.41) is 23.7. The number of phosphoric acid groups is 1. The molecule has 0 atom stereocenters. The van der Waals surface area contributed by atoms with Crippen molar-refractivity contribution in [3.63, 3.8) is 0 Å². The average Bonchev–Trinajstić information content (AvgIpc) is 2.44. The van der Waals surface area contributed by atoms with Crippen LogP contribution in [0.4, 0.5) is 0 Å². The molecule has 0 amide bonds. The second-order valence-corrected chi connectivity index (χ2v) is 5.96. The van der Waals surface area contributed by atoms with Gasteiger partial charge in [-0.05, 0) is 6.42 Å². The third-order valence-electron chi connectivity index (χ3n) is 2.59. The third-order valence-corrected chi connectivity index (χ3v) is 2.59. The number of carbonyl (C=O) groups is 1. The van der Waals surface area contributed by atoms with Crippen LogP contribution in [-0.4, -0.2) is 49.2 Å². The second-order valence-electron chi connectivity index (χ2n) is 4.93. The van der Waals surface area contributed by atoms with Crippen LogP contribution in [0.3, 0.4) is 0 Å². The van der Waals surface area contributed by atoms with E-state index in [-0.39, 0.29) is 13.2 Å². The van der Waals surface area contributed by atoms with E-state index in [2.05, 4.69) is 6.92 Å². The fraction of sp³-hybridized carbons (Fsp3) is 0.929. The highest BCUT2D eigenvalue weighted by atomic mass is 31.2. The molecule has 0 unspecified atom stereocenters. The van der Waals surface area contributed by atoms with E-state index in [1.54, 1.807) is 0 Å². The quantitative estimate of drug-likeness (QED) is 0.241. The first kappa shape index (κ1) is 27.4. The number of unbranched alkanes of at least 4 members (excludes halogenated alkanes) is 8. The number of aliphatic hydroxyl groups is 2. The summed E-state index contributed by atoms with van der Waals surface area (Å²) in [5.74, 6) is -0.659. The summed E-state index contributed by atoms with van der Waals surface area (Å²) in [5.41, 5.74) is 0. The van der Waals surface area contributed by atoms with Crippen molar-refractivity contribution >= 4 is 13.8 Å². The Kier molecular flexibility index (Phi) is 25.6. The minimum atomic E-state index is -4.64. The molecule has 6 N–H and O–H groups in total. The molecule has 0 rings (SSSR count). The van der Waals surface area contributed by atoms with Crippen molar-refractivity contribution in [2.75, 3.05) is 13.2 Å². The number of carboxylic acids is 1. The number of carboxylic acid groups (broad SMARTS) is 1. The molecule has 9 heteroatoms. The van der Waals surface area contributed by atoms with Gasteiger partial charge in [0.05, 0.1) is 13.2 Å². The zero-order valence-corrected chi connectivity index (χ0v) is 14.8. The van der Waals surface area contributed by atoms with Crippen LogP contribution >= 0.6 is 7.82 Å². The van der Waals surface area contributed by atoms with Gasteiger partial charge in [-0.15, -0.1) is 0 Å². The Morgan fingerprint density at radius 3 is 1.35 bits per heavy atom. The fourth-order valence-corrected chi connectivity index (χ4v) is 1.59. The zero-order valence-electron chi connectivity index (χ0n) is 13.9. The molecular formula is C14H33O8P. The molecule has 8 nitrogen and oxygen atoms in total. The third kappa shape index (κ3) is 61.8. The average molecular weight is 360 g/mol. The normalized spacial score (nSPS) is 10.2. The number of aliphatic hydroxyl groups excluding tert-OH is 2. The lowest BCUT2D eigenvalue weighted by molar-refractivity contribution is -0.137. The highest BCUT2D eigenvalue weighted by Gasteiger charge is 2.00. The van der Waals surface area contributed by atoms with E-state index in [1.165, 1.54) is 44.9 Å². The van der Waals surface area contributed by atoms with Gasteiger partial charge in [-0.1, -0.05) is 58.3 Å². The molecular weight excluding hydrogens is 327 g/mol. The van der Waals surface area contributed by atoms with Gasteiger partial charge in [-0.25, -0.2) is 4.57 Å². The molecule has 0 aliphatic carbocycles. The molecule has 0 aromatic carbocycles. The van der Waals surface area contributed by atoms with Crippen molar-refractivity contribution < 1.29 is 39.4 Å². The molecule has 23 heavy (non-hydrogen) atoms. The number of hydrogen-bond donors (Lipinski definition) is 6. The Hall–Kier alpha value is -0.500. The van der Waals surface area contributed by atoms with E-state index in [1.807, 2.05) is 0 Å². The first-order valence-electron chi connectivity index (χ1n) is 7.90. The van der Waals surface area contributed by atoms with E-state index in [9.17, 15) is 4.79 Å². The fourth-order valence-electron chi connectivity index (χ4n) is 1.59. The largest absolute Gasteiger partial charge is 0.481 e. The predicted molar refractivity (Wildman–Crippen MR) is 87.9 cm³/mol. The molecule has 0 aliphatic rings. The van der Waals surface area contributed by atoms with Crippen LogP contribution in [0.25, 0.3) is 0 Å². The van der Waals surface area contributed by atoms with Crippen molar-refractivity contribution in [3.8, 4) is 0 Å². The Balaban J connectivity index is -0.000000365. The Bertz CT molecular complexity index is 270. The maximum atomic E-state index is 10.2. The Morgan fingerprint density at radius 2 is 1.09 bits per heavy atom. The Labute approximate surface area is 138 Å². The van der Waals surface area contributed by atoms with Crippen molar-refractivity contribution in [3.05, 3.63) is 0 Å². The summed E-state index contributed by atoms with van der Waals surface area (Å²) in [6.07, 6.45) is 11.5. The zero-order chi connectivity index (χ0) is 18.6. The van der Waals surface area contributed by atoms with Crippen LogP contribution in [-0.2, 0) is 9.36 Å². The van der Waals surface area contributed by atoms with Crippen LogP contribution in [0.2, 0.25) is 0 Å². The maximum Gasteiger partial charge on any atom is 0.466 e. The van der Waals surface area contributed by atoms with E-state index in [4.69, 9.17) is 34.6 Å². The van der Waals surface area contributed by atoms with Gasteiger partial charge in [0.2, 0.25) is 0 Å². The molecule has 0 spiro atoms. The van der Waals surface area contributed by atoms with Crippen LogP contribution in [0, 0.1) is 0 Å². The van der Waals surface area contributed by atoms with Gasteiger partial charge < -0.3 is 30.0 Å². The topological polar surface area (TPSA) is 156 Å². The Morgan fingerprint density at radius 1 is 0.783 bits per heavy atom. The highest BCUT2D eigenvalue weighted by Crippen LogP contribution is 2.25. The molecule has 0 saturated carbocycles. The SMILES string of the molecule is CCCCCCCCCCCC(=O)O.O=P(O)(O)O.OCCO. The van der Waals surface area contributed by atoms with E-state index in [0.717, 1.165) is 12.8 Å². The predicted octanol–water partition coefficient (Wildman–Crippen LogP) is 2.03. The van der Waals surface area contributed by atoms with E-state index in [0.29, 0.717) is 6.42 Å². The number of aliphatic carboxylic acids is 1. The molecule has 0 saturated heterocycles.